The normalized spacial score (nSPS) is 15.7. The Hall–Kier alpha value is -3.00. The molecule has 3 aromatic rings. The van der Waals surface area contributed by atoms with Crippen molar-refractivity contribution in [2.24, 2.45) is 0 Å². The number of rotatable bonds is 5. The van der Waals surface area contributed by atoms with Gasteiger partial charge in [-0.2, -0.15) is 0 Å². The summed E-state index contributed by atoms with van der Waals surface area (Å²) in [5.74, 6) is -0.0128. The minimum absolute atomic E-state index is 0.0128. The lowest BCUT2D eigenvalue weighted by molar-refractivity contribution is 0.256. The van der Waals surface area contributed by atoms with Crippen molar-refractivity contribution in [1.29, 1.82) is 0 Å². The molecule has 0 spiro atoms. The molecular formula is C19H16Cl2N6O5S2. The molecule has 1 unspecified atom stereocenters. The number of urea groups is 1. The third-order valence-electron chi connectivity index (χ3n) is 4.70. The Morgan fingerprint density at radius 1 is 1.29 bits per heavy atom. The molecule has 1 aliphatic rings. The Bertz CT molecular complexity index is 1550. The Morgan fingerprint density at radius 2 is 2.06 bits per heavy atom. The summed E-state index contributed by atoms with van der Waals surface area (Å²) in [6.07, 6.45) is 2.97. The van der Waals surface area contributed by atoms with E-state index in [0.29, 0.717) is 22.6 Å². The molecule has 0 aliphatic carbocycles. The quantitative estimate of drug-likeness (QED) is 0.358. The second kappa shape index (κ2) is 9.33. The molecule has 0 fully saturated rings. The van der Waals surface area contributed by atoms with Crippen molar-refractivity contribution in [3.05, 3.63) is 66.6 Å². The summed E-state index contributed by atoms with van der Waals surface area (Å²) in [5.41, 5.74) is -0.390. The third kappa shape index (κ3) is 4.78. The van der Waals surface area contributed by atoms with E-state index in [1.165, 1.54) is 30.5 Å². The lowest BCUT2D eigenvalue weighted by atomic mass is 10.2. The van der Waals surface area contributed by atoms with E-state index in [1.54, 1.807) is 13.1 Å². The highest BCUT2D eigenvalue weighted by Crippen LogP contribution is 2.37. The van der Waals surface area contributed by atoms with E-state index < -0.39 is 32.0 Å². The number of carbonyl (C=O) groups is 1. The average molecular weight is 543 g/mol. The van der Waals surface area contributed by atoms with Crippen LogP contribution in [-0.2, 0) is 10.0 Å². The fourth-order valence-electron chi connectivity index (χ4n) is 3.14. The average Bonchev–Trinajstić information content (AvgIpc) is 3.22. The first-order chi connectivity index (χ1) is 16.1. The van der Waals surface area contributed by atoms with E-state index in [2.05, 4.69) is 20.6 Å². The number of allylic oxidation sites excluding steroid dienone is 1. The van der Waals surface area contributed by atoms with Gasteiger partial charge in [-0.25, -0.2) is 32.3 Å². The van der Waals surface area contributed by atoms with Crippen molar-refractivity contribution in [1.82, 2.24) is 19.3 Å². The maximum Gasteiger partial charge on any atom is 0.334 e. The molecule has 2 aromatic heterocycles. The number of carbonyl (C=O) groups excluding carboxylic acids is 1. The summed E-state index contributed by atoms with van der Waals surface area (Å²) >= 11 is 13.0. The second-order valence-electron chi connectivity index (χ2n) is 6.95. The van der Waals surface area contributed by atoms with E-state index in [-0.39, 0.29) is 21.1 Å². The first-order valence-electron chi connectivity index (χ1n) is 9.56. The van der Waals surface area contributed by atoms with Gasteiger partial charge in [0.05, 0.1) is 38.2 Å². The Balaban J connectivity index is 1.56. The monoisotopic (exact) mass is 542 g/mol. The van der Waals surface area contributed by atoms with Gasteiger partial charge in [0.1, 0.15) is 10.1 Å². The van der Waals surface area contributed by atoms with Crippen LogP contribution in [0.3, 0.4) is 0 Å². The molecule has 34 heavy (non-hydrogen) atoms. The molecule has 4 rings (SSSR count). The van der Waals surface area contributed by atoms with E-state index >= 15 is 0 Å². The summed E-state index contributed by atoms with van der Waals surface area (Å²) in [7, 11) is -2.40. The van der Waals surface area contributed by atoms with Gasteiger partial charge < -0.3 is 15.6 Å². The van der Waals surface area contributed by atoms with Crippen molar-refractivity contribution in [2.75, 3.05) is 17.7 Å². The number of thioether (sulfide) groups is 1. The molecule has 11 nitrogen and oxygen atoms in total. The number of halogens is 2. The first-order valence-corrected chi connectivity index (χ1v) is 12.7. The molecule has 178 valence electrons. The molecule has 0 radical (unpaired) electrons. The van der Waals surface area contributed by atoms with Gasteiger partial charge in [-0.1, -0.05) is 29.4 Å². The fourth-order valence-corrected chi connectivity index (χ4v) is 6.26. The van der Waals surface area contributed by atoms with Crippen LogP contribution < -0.4 is 26.6 Å². The highest BCUT2D eigenvalue weighted by Gasteiger charge is 2.27. The van der Waals surface area contributed by atoms with Crippen LogP contribution >= 0.6 is 35.0 Å². The topological polar surface area (TPSA) is 155 Å². The van der Waals surface area contributed by atoms with Crippen molar-refractivity contribution in [3.8, 4) is 5.82 Å². The van der Waals surface area contributed by atoms with Crippen LogP contribution in [0.4, 0.5) is 16.2 Å². The van der Waals surface area contributed by atoms with Gasteiger partial charge in [-0.05, 0) is 30.7 Å². The number of alkyl halides is 1. The Kier molecular flexibility index (Phi) is 6.62. The zero-order valence-corrected chi connectivity index (χ0v) is 20.4. The van der Waals surface area contributed by atoms with E-state index in [0.717, 1.165) is 16.3 Å². The lowest BCUT2D eigenvalue weighted by Crippen LogP contribution is -2.35. The molecule has 0 saturated carbocycles. The van der Waals surface area contributed by atoms with Crippen LogP contribution in [0.1, 0.15) is 6.42 Å². The van der Waals surface area contributed by atoms with Crippen molar-refractivity contribution >= 4 is 73.3 Å². The van der Waals surface area contributed by atoms with Gasteiger partial charge in [-0.15, -0.1) is 11.6 Å². The van der Waals surface area contributed by atoms with Gasteiger partial charge >= 0.3 is 11.7 Å². The number of benzene rings is 1. The molecule has 15 heteroatoms. The number of nitrogens with zero attached hydrogens (tertiary/aromatic N) is 2. The maximum atomic E-state index is 12.9. The Labute approximate surface area is 206 Å². The fraction of sp³-hybridized carbons (Fsp3) is 0.158. The minimum Gasteiger partial charge on any atom is -0.387 e. The van der Waals surface area contributed by atoms with Crippen LogP contribution in [-0.4, -0.2) is 40.7 Å². The second-order valence-corrected chi connectivity index (χ2v) is 11.3. The lowest BCUT2D eigenvalue weighted by Gasteiger charge is -2.10. The van der Waals surface area contributed by atoms with Crippen LogP contribution in [0.15, 0.2) is 50.4 Å². The summed E-state index contributed by atoms with van der Waals surface area (Å²) < 4.78 is 26.7. The van der Waals surface area contributed by atoms with Crippen LogP contribution in [0.5, 0.6) is 0 Å². The summed E-state index contributed by atoms with van der Waals surface area (Å²) in [4.78, 5) is 44.3. The highest BCUT2D eigenvalue weighted by atomic mass is 35.5. The molecule has 3 heterocycles. The zero-order valence-electron chi connectivity index (χ0n) is 17.3. The number of hydrogen-bond acceptors (Lipinski definition) is 8. The van der Waals surface area contributed by atoms with Crippen LogP contribution in [0.2, 0.25) is 5.02 Å². The van der Waals surface area contributed by atoms with E-state index in [1.807, 2.05) is 4.72 Å². The van der Waals surface area contributed by atoms with Gasteiger partial charge in [0.25, 0.3) is 15.6 Å². The largest absolute Gasteiger partial charge is 0.387 e. The molecular weight excluding hydrogens is 527 g/mol. The third-order valence-corrected chi connectivity index (χ3v) is 8.40. The van der Waals surface area contributed by atoms with Crippen molar-refractivity contribution in [2.45, 2.75) is 11.1 Å². The highest BCUT2D eigenvalue weighted by molar-refractivity contribution is 8.19. The smallest absolute Gasteiger partial charge is 0.334 e. The zero-order chi connectivity index (χ0) is 24.6. The van der Waals surface area contributed by atoms with E-state index in [4.69, 9.17) is 23.2 Å². The minimum atomic E-state index is -4.05. The number of anilines is 2. The predicted molar refractivity (Wildman–Crippen MR) is 134 cm³/mol. The number of pyridine rings is 1. The van der Waals surface area contributed by atoms with Gasteiger partial charge in [-0.3, -0.25) is 4.79 Å². The summed E-state index contributed by atoms with van der Waals surface area (Å²) in [6.45, 7) is 0. The number of aromatic nitrogens is 3. The number of H-pyrrole nitrogens is 1. The molecule has 0 bridgehead atoms. The molecule has 1 aromatic carbocycles. The number of aromatic amines is 1. The molecule has 1 aliphatic heterocycles. The number of nitrogens with one attached hydrogen (secondary N) is 4. The Morgan fingerprint density at radius 3 is 2.68 bits per heavy atom. The van der Waals surface area contributed by atoms with Gasteiger partial charge in [0.2, 0.25) is 0 Å². The number of fused-ring (bicyclic) bond motifs is 1. The molecule has 0 saturated heterocycles. The number of amides is 2. The number of sulfonamides is 1. The first kappa shape index (κ1) is 24.1. The van der Waals surface area contributed by atoms with Gasteiger partial charge in [0, 0.05) is 7.05 Å². The standard InChI is InChI=1S/C19H16Cl2N6O5S2/c1-22-13-7-12-10(6-11(13)20)17(28)27(19(30)25-12)15-4-2-9(8-23-15)24-18(29)26-34(31,32)16-5-3-14(21)33-16/h2,4-8,14,22H,3H2,1H3,(H,25,30)(H2,24,26,29). The van der Waals surface area contributed by atoms with Gasteiger partial charge in [0.15, 0.2) is 0 Å². The van der Waals surface area contributed by atoms with Crippen LogP contribution in [0, 0.1) is 0 Å². The predicted octanol–water partition coefficient (Wildman–Crippen LogP) is 2.76. The van der Waals surface area contributed by atoms with Crippen LogP contribution in [0.25, 0.3) is 16.7 Å². The number of hydrogen-bond donors (Lipinski definition) is 4. The molecule has 2 amide bonds. The van der Waals surface area contributed by atoms with E-state index in [9.17, 15) is 22.8 Å². The molecule has 4 N–H and O–H groups in total. The van der Waals surface area contributed by atoms with Crippen molar-refractivity contribution in [3.63, 3.8) is 0 Å². The van der Waals surface area contributed by atoms with Crippen molar-refractivity contribution < 1.29 is 13.2 Å². The maximum absolute atomic E-state index is 12.9. The summed E-state index contributed by atoms with van der Waals surface area (Å²) in [5, 5.41) is 5.67. The molecule has 1 atom stereocenters. The summed E-state index contributed by atoms with van der Waals surface area (Å²) in [6, 6.07) is 4.65. The SMILES string of the molecule is CNc1cc2[nH]c(=O)n(-c3ccc(NC(=O)NS(=O)(=O)C4=CCC(Cl)S4)cn3)c(=O)c2cc1Cl.